The molecule has 6 rings (SSSR count). The molecule has 0 N–H and O–H groups in total. The zero-order chi connectivity index (χ0) is 28.9. The van der Waals surface area contributed by atoms with Crippen LogP contribution < -0.4 is 4.74 Å². The lowest BCUT2D eigenvalue weighted by Crippen LogP contribution is -2.51. The minimum Gasteiger partial charge on any atom is -0.493 e. The Hall–Kier alpha value is -3.21. The van der Waals surface area contributed by atoms with E-state index in [1.54, 1.807) is 22.4 Å². The average Bonchev–Trinajstić information content (AvgIpc) is 3.49. The summed E-state index contributed by atoms with van der Waals surface area (Å²) in [6, 6.07) is 7.91. The van der Waals surface area contributed by atoms with E-state index in [2.05, 4.69) is 9.88 Å². The van der Waals surface area contributed by atoms with Gasteiger partial charge in [0.15, 0.2) is 0 Å². The van der Waals surface area contributed by atoms with Gasteiger partial charge < -0.3 is 14.4 Å². The Morgan fingerprint density at radius 3 is 2.54 bits per heavy atom. The van der Waals surface area contributed by atoms with Crippen molar-refractivity contribution in [2.75, 3.05) is 32.8 Å². The van der Waals surface area contributed by atoms with Crippen molar-refractivity contribution in [1.82, 2.24) is 19.7 Å². The summed E-state index contributed by atoms with van der Waals surface area (Å²) < 4.78 is 12.7. The molecule has 2 aromatic heterocycles. The van der Waals surface area contributed by atoms with Crippen LogP contribution in [-0.4, -0.2) is 76.0 Å². The number of benzene rings is 1. The van der Waals surface area contributed by atoms with Gasteiger partial charge in [-0.25, -0.2) is 4.79 Å². The topological polar surface area (TPSA) is 92.3 Å². The van der Waals surface area contributed by atoms with E-state index in [4.69, 9.17) is 21.1 Å². The number of thiophene rings is 1. The normalized spacial score (nSPS) is 20.0. The van der Waals surface area contributed by atoms with Gasteiger partial charge in [-0.1, -0.05) is 11.6 Å². The van der Waals surface area contributed by atoms with Crippen LogP contribution in [-0.2, 0) is 20.9 Å². The third kappa shape index (κ3) is 5.65. The van der Waals surface area contributed by atoms with E-state index >= 15 is 0 Å². The fraction of sp³-hybridized carbons (Fsp3) is 0.467. The van der Waals surface area contributed by atoms with Gasteiger partial charge >= 0.3 is 6.09 Å². The maximum absolute atomic E-state index is 12.6. The van der Waals surface area contributed by atoms with Gasteiger partial charge in [0.2, 0.25) is 11.8 Å². The molecule has 2 fully saturated rings. The molecule has 3 aliphatic heterocycles. The van der Waals surface area contributed by atoms with Crippen LogP contribution in [0.5, 0.6) is 5.75 Å². The predicted molar refractivity (Wildman–Crippen MR) is 157 cm³/mol. The summed E-state index contributed by atoms with van der Waals surface area (Å²) in [6.45, 7) is 9.10. The molecule has 5 heterocycles. The number of carbonyl (C=O) groups excluding carboxylic acids is 3. The number of piperazine rings is 1. The molecule has 0 aliphatic carbocycles. The first-order valence-electron chi connectivity index (χ1n) is 14.0. The van der Waals surface area contributed by atoms with E-state index in [-0.39, 0.29) is 43.3 Å². The first kappa shape index (κ1) is 27.9. The first-order chi connectivity index (χ1) is 19.6. The highest BCUT2D eigenvalue weighted by Crippen LogP contribution is 2.47. The summed E-state index contributed by atoms with van der Waals surface area (Å²) >= 11 is 8.17. The molecule has 0 radical (unpaired) electrons. The smallest absolute Gasteiger partial charge is 0.410 e. The van der Waals surface area contributed by atoms with E-state index in [1.807, 2.05) is 45.0 Å². The number of carbonyl (C=O) groups is 3. The number of rotatable bonds is 4. The largest absolute Gasteiger partial charge is 0.493 e. The number of likely N-dealkylation sites (tertiary alicyclic amines) is 1. The molecule has 11 heteroatoms. The molecule has 0 saturated carbocycles. The van der Waals surface area contributed by atoms with Gasteiger partial charge in [-0.3, -0.25) is 24.4 Å². The molecular formula is C30H33ClN4O5S. The molecule has 9 nitrogen and oxygen atoms in total. The average molecular weight is 597 g/mol. The molecule has 0 unspecified atom stereocenters. The van der Waals surface area contributed by atoms with Crippen LogP contribution in [0.25, 0.3) is 21.3 Å². The monoisotopic (exact) mass is 596 g/mol. The second-order valence-corrected chi connectivity index (χ2v) is 13.3. The van der Waals surface area contributed by atoms with Gasteiger partial charge in [-0.05, 0) is 50.6 Å². The van der Waals surface area contributed by atoms with E-state index in [1.165, 1.54) is 4.90 Å². The third-order valence-corrected chi connectivity index (χ3v) is 9.08. The van der Waals surface area contributed by atoms with Crippen molar-refractivity contribution in [2.24, 2.45) is 0 Å². The number of amides is 3. The maximum atomic E-state index is 12.6. The number of halogens is 1. The number of aromatic nitrogens is 1. The van der Waals surface area contributed by atoms with E-state index in [0.717, 1.165) is 57.0 Å². The van der Waals surface area contributed by atoms with Crippen LogP contribution in [0, 0.1) is 0 Å². The number of ether oxygens (including phenoxy) is 2. The number of imide groups is 1. The molecule has 216 valence electrons. The van der Waals surface area contributed by atoms with Crippen LogP contribution in [0.1, 0.15) is 56.5 Å². The summed E-state index contributed by atoms with van der Waals surface area (Å²) in [7, 11) is 0. The quantitative estimate of drug-likeness (QED) is 0.360. The Balaban J connectivity index is 1.31. The van der Waals surface area contributed by atoms with Gasteiger partial charge in [0.25, 0.3) is 0 Å². The van der Waals surface area contributed by atoms with Crippen LogP contribution in [0.3, 0.4) is 0 Å². The number of hydrogen-bond acceptors (Lipinski definition) is 8. The van der Waals surface area contributed by atoms with Crippen LogP contribution in [0.2, 0.25) is 5.02 Å². The summed E-state index contributed by atoms with van der Waals surface area (Å²) in [5.41, 5.74) is 3.35. The lowest BCUT2D eigenvalue weighted by atomic mass is 9.90. The van der Waals surface area contributed by atoms with Gasteiger partial charge in [-0.15, -0.1) is 11.3 Å². The Bertz CT molecular complexity index is 1510. The van der Waals surface area contributed by atoms with Gasteiger partial charge in [-0.2, -0.15) is 0 Å². The van der Waals surface area contributed by atoms with Crippen LogP contribution in [0.15, 0.2) is 30.5 Å². The van der Waals surface area contributed by atoms with E-state index < -0.39 is 5.60 Å². The minimum atomic E-state index is -0.529. The Morgan fingerprint density at radius 2 is 1.83 bits per heavy atom. The zero-order valence-corrected chi connectivity index (χ0v) is 25.0. The van der Waals surface area contributed by atoms with Gasteiger partial charge in [0.1, 0.15) is 11.4 Å². The number of pyridine rings is 1. The Morgan fingerprint density at radius 1 is 1.10 bits per heavy atom. The number of nitrogens with zero attached hydrogens (tertiary/aromatic N) is 4. The van der Waals surface area contributed by atoms with Crippen molar-refractivity contribution >= 4 is 51.1 Å². The lowest BCUT2D eigenvalue weighted by molar-refractivity contribution is -0.139. The minimum absolute atomic E-state index is 0.0919. The zero-order valence-electron chi connectivity index (χ0n) is 23.4. The summed E-state index contributed by atoms with van der Waals surface area (Å²) in [4.78, 5) is 48.1. The molecule has 41 heavy (non-hydrogen) atoms. The Labute approximate surface area is 248 Å². The van der Waals surface area contributed by atoms with Crippen molar-refractivity contribution in [1.29, 1.82) is 0 Å². The summed E-state index contributed by atoms with van der Waals surface area (Å²) in [5, 5.41) is 0.587. The third-order valence-electron chi connectivity index (χ3n) is 7.72. The SMILES string of the molecule is CC(C)(C)OC(=O)N1CCN([C@@H]2CCOc3cc(Cl)cc(-c4ccnc5cc(CN6C(=O)CCC6=O)sc45)c32)CC1. The second-order valence-electron chi connectivity index (χ2n) is 11.7. The molecular weight excluding hydrogens is 564 g/mol. The fourth-order valence-electron chi connectivity index (χ4n) is 5.84. The van der Waals surface area contributed by atoms with Gasteiger partial charge in [0.05, 0.1) is 23.4 Å². The summed E-state index contributed by atoms with van der Waals surface area (Å²) in [5.74, 6) is 0.515. The maximum Gasteiger partial charge on any atom is 0.410 e. The van der Waals surface area contributed by atoms with Crippen molar-refractivity contribution in [2.45, 2.75) is 58.2 Å². The molecule has 1 atom stereocenters. The van der Waals surface area contributed by atoms with Crippen molar-refractivity contribution < 1.29 is 23.9 Å². The van der Waals surface area contributed by atoms with Crippen molar-refractivity contribution in [3.05, 3.63) is 45.9 Å². The molecule has 3 aliphatic rings. The fourth-order valence-corrected chi connectivity index (χ4v) is 7.18. The molecule has 3 aromatic rings. The van der Waals surface area contributed by atoms with Crippen molar-refractivity contribution in [3.8, 4) is 16.9 Å². The molecule has 0 spiro atoms. The highest BCUT2D eigenvalue weighted by atomic mass is 35.5. The highest BCUT2D eigenvalue weighted by molar-refractivity contribution is 7.19. The predicted octanol–water partition coefficient (Wildman–Crippen LogP) is 5.64. The molecule has 2 saturated heterocycles. The lowest BCUT2D eigenvalue weighted by Gasteiger charge is -2.42. The van der Waals surface area contributed by atoms with E-state index in [0.29, 0.717) is 24.7 Å². The Kier molecular flexibility index (Phi) is 7.42. The van der Waals surface area contributed by atoms with E-state index in [9.17, 15) is 14.4 Å². The second kappa shape index (κ2) is 10.9. The van der Waals surface area contributed by atoms with Crippen LogP contribution >= 0.6 is 22.9 Å². The molecule has 3 amide bonds. The van der Waals surface area contributed by atoms with Gasteiger partial charge in [0, 0.05) is 78.7 Å². The molecule has 0 bridgehead atoms. The standard InChI is InChI=1S/C30H33ClN4O5S/c1-30(2,3)40-29(38)34-11-9-33(10-12-34)23-7-13-39-24-15-18(31)14-21(27(23)24)20-6-8-32-22-16-19(41-28(20)22)17-35-25(36)4-5-26(35)37/h6,8,14-16,23H,4-5,7,9-13,17H2,1-3H3/t23-/m1/s1. The highest BCUT2D eigenvalue weighted by Gasteiger charge is 2.35. The van der Waals surface area contributed by atoms with Crippen LogP contribution in [0.4, 0.5) is 4.79 Å². The molecule has 1 aromatic carbocycles. The first-order valence-corrected chi connectivity index (χ1v) is 15.2. The number of fused-ring (bicyclic) bond motifs is 2. The van der Waals surface area contributed by atoms with Crippen molar-refractivity contribution in [3.63, 3.8) is 0 Å². The summed E-state index contributed by atoms with van der Waals surface area (Å²) in [6.07, 6.45) is 2.87. The number of hydrogen-bond donors (Lipinski definition) is 0.